The number of hydrogen-bond acceptors (Lipinski definition) is 5. The number of thioether (sulfide) groups is 1. The summed E-state index contributed by atoms with van der Waals surface area (Å²) in [6.45, 7) is 4.06. The Bertz CT molecular complexity index is 1240. The summed E-state index contributed by atoms with van der Waals surface area (Å²) in [6.07, 6.45) is 1.97. The van der Waals surface area contributed by atoms with Crippen molar-refractivity contribution < 1.29 is 14.3 Å². The molecular formula is C24H21N3O3S. The van der Waals surface area contributed by atoms with E-state index < -0.39 is 0 Å². The number of rotatable bonds is 3. The van der Waals surface area contributed by atoms with Crippen LogP contribution in [0.4, 0.5) is 11.4 Å². The molecule has 1 amide bonds. The summed E-state index contributed by atoms with van der Waals surface area (Å²) in [5.41, 5.74) is 6.35. The first kappa shape index (κ1) is 19.5. The van der Waals surface area contributed by atoms with Crippen molar-refractivity contribution in [2.75, 3.05) is 17.3 Å². The molecule has 6 nitrogen and oxygen atoms in total. The molecule has 2 aliphatic heterocycles. The van der Waals surface area contributed by atoms with Gasteiger partial charge in [-0.3, -0.25) is 9.69 Å². The quantitative estimate of drug-likeness (QED) is 0.481. The highest BCUT2D eigenvalue weighted by atomic mass is 32.2. The average Bonchev–Trinajstić information content (AvgIpc) is 3.38. The van der Waals surface area contributed by atoms with Gasteiger partial charge < -0.3 is 14.6 Å². The summed E-state index contributed by atoms with van der Waals surface area (Å²) >= 11 is 1.53. The van der Waals surface area contributed by atoms with Crippen LogP contribution in [0.2, 0.25) is 0 Å². The van der Waals surface area contributed by atoms with E-state index >= 15 is 0 Å². The number of methoxy groups -OCH3 is 1. The molecule has 3 heterocycles. The Morgan fingerprint density at radius 1 is 1.13 bits per heavy atom. The van der Waals surface area contributed by atoms with Gasteiger partial charge in [0, 0.05) is 17.1 Å². The van der Waals surface area contributed by atoms with E-state index in [0.717, 1.165) is 34.0 Å². The first-order valence-electron chi connectivity index (χ1n) is 9.93. The predicted octanol–water partition coefficient (Wildman–Crippen LogP) is 4.71. The van der Waals surface area contributed by atoms with Gasteiger partial charge in [-0.2, -0.15) is 0 Å². The van der Waals surface area contributed by atoms with E-state index in [4.69, 9.17) is 4.74 Å². The molecule has 0 bridgehead atoms. The van der Waals surface area contributed by atoms with Gasteiger partial charge in [-0.05, 0) is 68.0 Å². The molecule has 2 aromatic carbocycles. The lowest BCUT2D eigenvalue weighted by molar-refractivity contribution is -0.114. The fourth-order valence-corrected chi connectivity index (χ4v) is 5.28. The molecule has 156 valence electrons. The lowest BCUT2D eigenvalue weighted by Gasteiger charge is -2.12. The smallest absolute Gasteiger partial charge is 0.337 e. The third-order valence-electron chi connectivity index (χ3n) is 5.65. The molecule has 1 atom stereocenters. The summed E-state index contributed by atoms with van der Waals surface area (Å²) < 4.78 is 6.89. The molecule has 0 unspecified atom stereocenters. The SMILES string of the molecule is COC(=O)c1ccc(-n2c(C)cc(/C=C3\S[C@H]4Nc5ccccc5N4C3=O)c2C)cc1. The van der Waals surface area contributed by atoms with Crippen LogP contribution in [0.5, 0.6) is 0 Å². The second-order valence-corrected chi connectivity index (χ2v) is 8.64. The minimum atomic E-state index is -0.356. The van der Waals surface area contributed by atoms with Crippen molar-refractivity contribution in [1.82, 2.24) is 4.57 Å². The number of esters is 1. The van der Waals surface area contributed by atoms with Gasteiger partial charge in [0.05, 0.1) is 29.0 Å². The van der Waals surface area contributed by atoms with Crippen LogP contribution in [0.25, 0.3) is 11.8 Å². The van der Waals surface area contributed by atoms with Gasteiger partial charge in [0.1, 0.15) is 0 Å². The second kappa shape index (κ2) is 7.35. The van der Waals surface area contributed by atoms with Crippen LogP contribution in [0, 0.1) is 13.8 Å². The lowest BCUT2D eigenvalue weighted by atomic mass is 10.2. The standard InChI is InChI=1S/C24H21N3O3S/c1-14-12-17(15(2)26(14)18-10-8-16(9-11-18)23(29)30-3)13-21-22(28)27-20-7-5-4-6-19(20)25-24(27)31-21/h4-13,24-25H,1-3H3/b21-13-/t24-/m0/s1. The molecule has 0 spiro atoms. The number of hydrogen-bond donors (Lipinski definition) is 1. The topological polar surface area (TPSA) is 63.6 Å². The zero-order valence-corrected chi connectivity index (χ0v) is 18.2. The van der Waals surface area contributed by atoms with E-state index in [0.29, 0.717) is 10.5 Å². The Balaban J connectivity index is 1.46. The van der Waals surface area contributed by atoms with Gasteiger partial charge in [0.2, 0.25) is 0 Å². The Kier molecular flexibility index (Phi) is 4.63. The molecule has 7 heteroatoms. The highest BCUT2D eigenvalue weighted by Crippen LogP contribution is 2.47. The van der Waals surface area contributed by atoms with Crippen LogP contribution in [0.1, 0.15) is 27.3 Å². The van der Waals surface area contributed by atoms with Crippen LogP contribution in [-0.4, -0.2) is 29.1 Å². The summed E-state index contributed by atoms with van der Waals surface area (Å²) in [7, 11) is 1.37. The maximum Gasteiger partial charge on any atom is 0.337 e. The Morgan fingerprint density at radius 2 is 1.87 bits per heavy atom. The van der Waals surface area contributed by atoms with Gasteiger partial charge in [-0.1, -0.05) is 23.9 Å². The Morgan fingerprint density at radius 3 is 2.61 bits per heavy atom. The molecule has 1 aromatic heterocycles. The molecule has 0 saturated carbocycles. The molecule has 1 N–H and O–H groups in total. The van der Waals surface area contributed by atoms with E-state index in [2.05, 4.69) is 16.0 Å². The van der Waals surface area contributed by atoms with Gasteiger partial charge >= 0.3 is 5.97 Å². The number of fused-ring (bicyclic) bond motifs is 3. The largest absolute Gasteiger partial charge is 0.465 e. The minimum absolute atomic E-state index is 0.0136. The summed E-state index contributed by atoms with van der Waals surface area (Å²) in [5.74, 6) is -0.342. The number of nitrogens with zero attached hydrogens (tertiary/aromatic N) is 2. The second-order valence-electron chi connectivity index (χ2n) is 7.52. The number of anilines is 2. The molecule has 2 aliphatic rings. The average molecular weight is 432 g/mol. The number of amides is 1. The maximum absolute atomic E-state index is 13.1. The van der Waals surface area contributed by atoms with Crippen LogP contribution in [-0.2, 0) is 9.53 Å². The van der Waals surface area contributed by atoms with Crippen molar-refractivity contribution in [3.05, 3.63) is 82.0 Å². The summed E-state index contributed by atoms with van der Waals surface area (Å²) in [4.78, 5) is 27.3. The first-order chi connectivity index (χ1) is 15.0. The zero-order valence-electron chi connectivity index (χ0n) is 17.4. The number of aryl methyl sites for hydroxylation is 1. The van der Waals surface area contributed by atoms with Crippen LogP contribution in [0.3, 0.4) is 0 Å². The molecule has 31 heavy (non-hydrogen) atoms. The van der Waals surface area contributed by atoms with Crippen LogP contribution >= 0.6 is 11.8 Å². The molecule has 0 aliphatic carbocycles. The van der Waals surface area contributed by atoms with Crippen LogP contribution < -0.4 is 10.2 Å². The Labute approximate surface area is 184 Å². The number of aromatic nitrogens is 1. The molecular weight excluding hydrogens is 410 g/mol. The highest BCUT2D eigenvalue weighted by molar-refractivity contribution is 8.05. The fourth-order valence-electron chi connectivity index (χ4n) is 4.15. The van der Waals surface area contributed by atoms with Gasteiger partial charge in [-0.15, -0.1) is 0 Å². The number of benzene rings is 2. The van der Waals surface area contributed by atoms with Crippen molar-refractivity contribution in [3.8, 4) is 5.69 Å². The van der Waals surface area contributed by atoms with Gasteiger partial charge in [-0.25, -0.2) is 4.79 Å². The number of carbonyl (C=O) groups is 2. The maximum atomic E-state index is 13.1. The van der Waals surface area contributed by atoms with E-state index in [1.807, 2.05) is 61.2 Å². The van der Waals surface area contributed by atoms with Crippen LogP contribution in [0.15, 0.2) is 59.5 Å². The number of ether oxygens (including phenoxy) is 1. The predicted molar refractivity (Wildman–Crippen MR) is 123 cm³/mol. The van der Waals surface area contributed by atoms with E-state index in [1.54, 1.807) is 12.1 Å². The van der Waals surface area contributed by atoms with E-state index in [1.165, 1.54) is 18.9 Å². The monoisotopic (exact) mass is 431 g/mol. The third kappa shape index (κ3) is 3.13. The van der Waals surface area contributed by atoms with E-state index in [9.17, 15) is 9.59 Å². The molecule has 1 fully saturated rings. The fraction of sp³-hybridized carbons (Fsp3) is 0.167. The summed E-state index contributed by atoms with van der Waals surface area (Å²) in [5, 5.41) is 3.40. The molecule has 0 radical (unpaired) electrons. The number of para-hydroxylation sites is 2. The van der Waals surface area contributed by atoms with E-state index in [-0.39, 0.29) is 17.4 Å². The molecule has 1 saturated heterocycles. The van der Waals surface area contributed by atoms with Crippen molar-refractivity contribution in [1.29, 1.82) is 0 Å². The highest BCUT2D eigenvalue weighted by Gasteiger charge is 2.42. The lowest BCUT2D eigenvalue weighted by Crippen LogP contribution is -2.31. The minimum Gasteiger partial charge on any atom is -0.465 e. The first-order valence-corrected chi connectivity index (χ1v) is 10.8. The van der Waals surface area contributed by atoms with Crippen molar-refractivity contribution in [2.24, 2.45) is 0 Å². The zero-order chi connectivity index (χ0) is 21.7. The van der Waals surface area contributed by atoms with Gasteiger partial charge in [0.15, 0.2) is 5.50 Å². The van der Waals surface area contributed by atoms with Crippen molar-refractivity contribution in [3.63, 3.8) is 0 Å². The van der Waals surface area contributed by atoms with Gasteiger partial charge in [0.25, 0.3) is 5.91 Å². The number of nitrogens with one attached hydrogen (secondary N) is 1. The number of carbonyl (C=O) groups excluding carboxylic acids is 2. The Hall–Kier alpha value is -3.45. The van der Waals surface area contributed by atoms with Crippen molar-refractivity contribution in [2.45, 2.75) is 19.3 Å². The normalized spacial score (nSPS) is 18.2. The molecule has 5 rings (SSSR count). The third-order valence-corrected chi connectivity index (χ3v) is 6.75. The summed E-state index contributed by atoms with van der Waals surface area (Å²) in [6, 6.07) is 17.3. The molecule has 3 aromatic rings. The van der Waals surface area contributed by atoms with Crippen molar-refractivity contribution >= 4 is 41.1 Å².